The van der Waals surface area contributed by atoms with Crippen molar-refractivity contribution >= 4 is 16.8 Å². The van der Waals surface area contributed by atoms with Crippen LogP contribution in [0.25, 0.3) is 10.9 Å². The van der Waals surface area contributed by atoms with Crippen LogP contribution in [-0.2, 0) is 5.41 Å². The molecule has 6 nitrogen and oxygen atoms in total. The number of fused-ring (bicyclic) bond motifs is 1. The van der Waals surface area contributed by atoms with Crippen molar-refractivity contribution in [3.63, 3.8) is 0 Å². The van der Waals surface area contributed by atoms with Gasteiger partial charge in [0.25, 0.3) is 5.91 Å². The van der Waals surface area contributed by atoms with Gasteiger partial charge in [0.05, 0.1) is 31.5 Å². The summed E-state index contributed by atoms with van der Waals surface area (Å²) in [6, 6.07) is 13.6. The number of carbonyl (C=O) groups excluding carboxylic acids is 1. The van der Waals surface area contributed by atoms with E-state index in [1.54, 1.807) is 14.2 Å². The molecule has 29 heavy (non-hydrogen) atoms. The van der Waals surface area contributed by atoms with Gasteiger partial charge < -0.3 is 14.8 Å². The zero-order valence-corrected chi connectivity index (χ0v) is 16.8. The first-order chi connectivity index (χ1) is 14.2. The van der Waals surface area contributed by atoms with E-state index in [1.807, 2.05) is 36.4 Å². The van der Waals surface area contributed by atoms with Crippen LogP contribution in [0.3, 0.4) is 0 Å². The van der Waals surface area contributed by atoms with Crippen molar-refractivity contribution < 1.29 is 14.3 Å². The number of methoxy groups -OCH3 is 2. The third-order valence-corrected chi connectivity index (χ3v) is 5.94. The Labute approximate surface area is 170 Å². The Kier molecular flexibility index (Phi) is 5.34. The number of benzene rings is 2. The van der Waals surface area contributed by atoms with Gasteiger partial charge in [-0.3, -0.25) is 4.79 Å². The van der Waals surface area contributed by atoms with E-state index in [-0.39, 0.29) is 11.3 Å². The van der Waals surface area contributed by atoms with Gasteiger partial charge >= 0.3 is 0 Å². The molecule has 1 aromatic heterocycles. The van der Waals surface area contributed by atoms with E-state index in [1.165, 1.54) is 11.8 Å². The lowest BCUT2D eigenvalue weighted by Crippen LogP contribution is -2.39. The number of nitrogens with zero attached hydrogens (tertiary/aromatic N) is 2. The topological polar surface area (TPSA) is 73.3 Å². The Morgan fingerprint density at radius 2 is 1.83 bits per heavy atom. The largest absolute Gasteiger partial charge is 0.493 e. The molecule has 0 unspecified atom stereocenters. The van der Waals surface area contributed by atoms with Crippen LogP contribution >= 0.6 is 0 Å². The van der Waals surface area contributed by atoms with Crippen molar-refractivity contribution in [2.45, 2.75) is 31.1 Å². The molecule has 0 bridgehead atoms. The lowest BCUT2D eigenvalue weighted by atomic mass is 9.78. The van der Waals surface area contributed by atoms with Crippen LogP contribution < -0.4 is 14.8 Å². The number of hydrogen-bond donors (Lipinski definition) is 1. The fourth-order valence-electron chi connectivity index (χ4n) is 4.32. The third-order valence-electron chi connectivity index (χ3n) is 5.94. The summed E-state index contributed by atoms with van der Waals surface area (Å²) in [6.07, 6.45) is 5.87. The maximum absolute atomic E-state index is 13.0. The third kappa shape index (κ3) is 3.62. The van der Waals surface area contributed by atoms with Crippen LogP contribution in [0.4, 0.5) is 0 Å². The molecule has 1 aliphatic carbocycles. The molecule has 1 saturated carbocycles. The van der Waals surface area contributed by atoms with Gasteiger partial charge in [-0.15, -0.1) is 0 Å². The van der Waals surface area contributed by atoms with Gasteiger partial charge in [0.2, 0.25) is 0 Å². The molecule has 1 heterocycles. The predicted molar refractivity (Wildman–Crippen MR) is 112 cm³/mol. The molecule has 0 saturated heterocycles. The maximum Gasteiger partial charge on any atom is 0.253 e. The number of rotatable bonds is 6. The molecule has 0 atom stereocenters. The zero-order valence-electron chi connectivity index (χ0n) is 16.8. The fourth-order valence-corrected chi connectivity index (χ4v) is 4.32. The van der Waals surface area contributed by atoms with Crippen LogP contribution in [0.1, 0.15) is 41.6 Å². The van der Waals surface area contributed by atoms with Gasteiger partial charge in [-0.05, 0) is 36.6 Å². The minimum Gasteiger partial charge on any atom is -0.493 e. The monoisotopic (exact) mass is 391 g/mol. The summed E-state index contributed by atoms with van der Waals surface area (Å²) in [5.74, 6) is 1.30. The van der Waals surface area contributed by atoms with Gasteiger partial charge in [-0.2, -0.15) is 10.2 Å². The standard InChI is InChI=1S/C23H25N3O3/c1-28-20-10-9-16(13-21(20)29-2)23(11-5-6-12-23)15-24-22(27)18-14-25-26-19-8-4-3-7-17(18)19/h3-4,7-10,13-14H,5-6,11-12,15H2,1-2H3,(H,24,27). The maximum atomic E-state index is 13.0. The SMILES string of the molecule is COc1ccc(C2(CNC(=O)c3cnnc4ccccc34)CCCC2)cc1OC. The van der Waals surface area contributed by atoms with E-state index >= 15 is 0 Å². The van der Waals surface area contributed by atoms with Crippen molar-refractivity contribution in [2.75, 3.05) is 20.8 Å². The molecule has 6 heteroatoms. The normalized spacial score (nSPS) is 15.2. The van der Waals surface area contributed by atoms with Gasteiger partial charge in [0.15, 0.2) is 11.5 Å². The second-order valence-corrected chi connectivity index (χ2v) is 7.52. The highest BCUT2D eigenvalue weighted by Gasteiger charge is 2.36. The average Bonchev–Trinajstić information content (AvgIpc) is 3.26. The van der Waals surface area contributed by atoms with Crippen molar-refractivity contribution in [3.05, 3.63) is 59.8 Å². The van der Waals surface area contributed by atoms with Crippen LogP contribution in [0.15, 0.2) is 48.7 Å². The number of amides is 1. The summed E-state index contributed by atoms with van der Waals surface area (Å²) in [5, 5.41) is 12.1. The Morgan fingerprint density at radius 1 is 1.07 bits per heavy atom. The van der Waals surface area contributed by atoms with Gasteiger partial charge in [-0.1, -0.05) is 37.1 Å². The van der Waals surface area contributed by atoms with E-state index in [4.69, 9.17) is 9.47 Å². The highest BCUT2D eigenvalue weighted by molar-refractivity contribution is 6.05. The second-order valence-electron chi connectivity index (χ2n) is 7.52. The van der Waals surface area contributed by atoms with E-state index in [2.05, 4.69) is 21.6 Å². The highest BCUT2D eigenvalue weighted by atomic mass is 16.5. The minimum atomic E-state index is -0.122. The number of hydrogen-bond acceptors (Lipinski definition) is 5. The van der Waals surface area contributed by atoms with Crippen molar-refractivity contribution in [3.8, 4) is 11.5 Å². The average molecular weight is 391 g/mol. The highest BCUT2D eigenvalue weighted by Crippen LogP contribution is 2.43. The quantitative estimate of drug-likeness (QED) is 0.690. The molecule has 1 aliphatic rings. The number of carbonyl (C=O) groups is 1. The Bertz CT molecular complexity index is 1020. The summed E-state index contributed by atoms with van der Waals surface area (Å²) in [4.78, 5) is 13.0. The van der Waals surface area contributed by atoms with Crippen molar-refractivity contribution in [1.82, 2.24) is 15.5 Å². The Balaban J connectivity index is 1.60. The van der Waals surface area contributed by atoms with Crippen molar-refractivity contribution in [1.29, 1.82) is 0 Å². The van der Waals surface area contributed by atoms with Crippen LogP contribution in [0.5, 0.6) is 11.5 Å². The molecule has 1 N–H and O–H groups in total. The molecule has 1 amide bonds. The first-order valence-electron chi connectivity index (χ1n) is 9.88. The first-order valence-corrected chi connectivity index (χ1v) is 9.88. The second kappa shape index (κ2) is 8.07. The molecule has 0 aliphatic heterocycles. The summed E-state index contributed by atoms with van der Waals surface area (Å²) in [5.41, 5.74) is 2.34. The summed E-state index contributed by atoms with van der Waals surface area (Å²) >= 11 is 0. The first kappa shape index (κ1) is 19.2. The molecular formula is C23H25N3O3. The lowest BCUT2D eigenvalue weighted by molar-refractivity contribution is 0.0944. The molecule has 0 radical (unpaired) electrons. The summed E-state index contributed by atoms with van der Waals surface area (Å²) in [6.45, 7) is 0.567. The summed E-state index contributed by atoms with van der Waals surface area (Å²) in [7, 11) is 3.28. The predicted octanol–water partition coefficient (Wildman–Crippen LogP) is 3.89. The molecule has 0 spiro atoms. The molecular weight excluding hydrogens is 366 g/mol. The molecule has 4 rings (SSSR count). The molecule has 3 aromatic rings. The molecule has 1 fully saturated rings. The lowest BCUT2D eigenvalue weighted by Gasteiger charge is -2.30. The summed E-state index contributed by atoms with van der Waals surface area (Å²) < 4.78 is 10.9. The molecule has 2 aromatic carbocycles. The number of ether oxygens (including phenoxy) is 2. The van der Waals surface area contributed by atoms with Crippen molar-refractivity contribution in [2.24, 2.45) is 0 Å². The fraction of sp³-hybridized carbons (Fsp3) is 0.348. The minimum absolute atomic E-state index is 0.106. The van der Waals surface area contributed by atoms with E-state index in [0.29, 0.717) is 23.6 Å². The number of aromatic nitrogens is 2. The Morgan fingerprint density at radius 3 is 2.59 bits per heavy atom. The smallest absolute Gasteiger partial charge is 0.253 e. The van der Waals surface area contributed by atoms with Gasteiger partial charge in [0.1, 0.15) is 0 Å². The van der Waals surface area contributed by atoms with E-state index in [9.17, 15) is 4.79 Å². The van der Waals surface area contributed by atoms with Crippen LogP contribution in [-0.4, -0.2) is 36.9 Å². The van der Waals surface area contributed by atoms with Gasteiger partial charge in [-0.25, -0.2) is 0 Å². The Hall–Kier alpha value is -3.15. The zero-order chi connectivity index (χ0) is 20.3. The van der Waals surface area contributed by atoms with E-state index in [0.717, 1.165) is 36.6 Å². The van der Waals surface area contributed by atoms with Crippen LogP contribution in [0.2, 0.25) is 0 Å². The van der Waals surface area contributed by atoms with Crippen LogP contribution in [0, 0.1) is 0 Å². The van der Waals surface area contributed by atoms with E-state index < -0.39 is 0 Å². The molecule has 150 valence electrons. The van der Waals surface area contributed by atoms with Gasteiger partial charge in [0, 0.05) is 17.3 Å². The number of nitrogens with one attached hydrogen (secondary N) is 1.